The predicted octanol–water partition coefficient (Wildman–Crippen LogP) is 3.14. The Kier molecular flexibility index (Phi) is 5.86. The molecule has 118 valence electrons. The quantitative estimate of drug-likeness (QED) is 0.918. The molecule has 1 aromatic rings. The van der Waals surface area contributed by atoms with Crippen molar-refractivity contribution in [3.63, 3.8) is 0 Å². The van der Waals surface area contributed by atoms with Gasteiger partial charge in [0, 0.05) is 30.1 Å². The lowest BCUT2D eigenvalue weighted by Crippen LogP contribution is -2.42. The van der Waals surface area contributed by atoms with Gasteiger partial charge in [-0.05, 0) is 36.6 Å². The van der Waals surface area contributed by atoms with Gasteiger partial charge in [-0.15, -0.1) is 0 Å². The van der Waals surface area contributed by atoms with E-state index in [4.69, 9.17) is 23.2 Å². The number of halogens is 2. The zero-order valence-corrected chi connectivity index (χ0v) is 13.9. The largest absolute Gasteiger partial charge is 0.347 e. The van der Waals surface area contributed by atoms with Crippen LogP contribution < -0.4 is 5.32 Å². The second kappa shape index (κ2) is 7.65. The molecule has 6 heteroatoms. The minimum absolute atomic E-state index is 0.0463. The van der Waals surface area contributed by atoms with Crippen molar-refractivity contribution >= 4 is 41.1 Å². The molecule has 0 aliphatic carbocycles. The molecule has 1 fully saturated rings. The molecule has 0 atom stereocenters. The third kappa shape index (κ3) is 4.75. The fourth-order valence-corrected chi connectivity index (χ4v) is 2.70. The van der Waals surface area contributed by atoms with Gasteiger partial charge in [-0.2, -0.15) is 0 Å². The Bertz CT molecular complexity index is 604. The van der Waals surface area contributed by atoms with Crippen LogP contribution in [0.25, 0.3) is 6.08 Å². The van der Waals surface area contributed by atoms with Crippen molar-refractivity contribution in [1.82, 2.24) is 10.2 Å². The molecule has 22 heavy (non-hydrogen) atoms. The normalized spacial score (nSPS) is 14.7. The molecule has 1 N–H and O–H groups in total. The summed E-state index contributed by atoms with van der Waals surface area (Å²) in [4.78, 5) is 24.5. The highest BCUT2D eigenvalue weighted by atomic mass is 35.5. The van der Waals surface area contributed by atoms with E-state index in [2.05, 4.69) is 5.32 Å². The second-order valence-corrected chi connectivity index (χ2v) is 6.10. The second-order valence-electron chi connectivity index (χ2n) is 5.26. The van der Waals surface area contributed by atoms with Crippen LogP contribution >= 0.6 is 23.2 Å². The molecule has 0 bridgehead atoms. The smallest absolute Gasteiger partial charge is 0.241 e. The molecule has 1 saturated heterocycles. The number of likely N-dealkylation sites (tertiary alicyclic amines) is 1. The average Bonchev–Trinajstić information content (AvgIpc) is 2.49. The molecule has 0 radical (unpaired) electrons. The number of carbonyl (C=O) groups is 2. The number of rotatable bonds is 3. The summed E-state index contributed by atoms with van der Waals surface area (Å²) in [6.07, 6.45) is 3.65. The lowest BCUT2D eigenvalue weighted by atomic mass is 10.0. The topological polar surface area (TPSA) is 49.4 Å². The first-order valence-corrected chi connectivity index (χ1v) is 7.88. The van der Waals surface area contributed by atoms with E-state index in [0.717, 1.165) is 18.4 Å². The van der Waals surface area contributed by atoms with Crippen LogP contribution in [0, 0.1) is 0 Å². The maximum absolute atomic E-state index is 11.9. The summed E-state index contributed by atoms with van der Waals surface area (Å²) in [7, 11) is 0. The van der Waals surface area contributed by atoms with Gasteiger partial charge in [0.05, 0.1) is 6.54 Å². The standard InChI is InChI=1S/C16H18Cl2N2O2/c1-11(21)19-10-16(22)20-6-4-12(5-7-20)8-13-9-14(17)2-3-15(13)18/h2-3,8-9H,4-7,10H2,1H3,(H,19,21). The van der Waals surface area contributed by atoms with Crippen molar-refractivity contribution in [2.45, 2.75) is 19.8 Å². The predicted molar refractivity (Wildman–Crippen MR) is 88.9 cm³/mol. The van der Waals surface area contributed by atoms with E-state index in [1.54, 1.807) is 17.0 Å². The minimum atomic E-state index is -0.193. The van der Waals surface area contributed by atoms with Crippen molar-refractivity contribution in [2.75, 3.05) is 19.6 Å². The van der Waals surface area contributed by atoms with E-state index in [1.165, 1.54) is 12.5 Å². The van der Waals surface area contributed by atoms with E-state index >= 15 is 0 Å². The van der Waals surface area contributed by atoms with Crippen LogP contribution in [0.4, 0.5) is 0 Å². The Hall–Kier alpha value is -1.52. The number of nitrogens with one attached hydrogen (secondary N) is 1. The Morgan fingerprint density at radius 3 is 2.59 bits per heavy atom. The van der Waals surface area contributed by atoms with E-state index in [-0.39, 0.29) is 18.4 Å². The van der Waals surface area contributed by atoms with Crippen LogP contribution in [0.5, 0.6) is 0 Å². The minimum Gasteiger partial charge on any atom is -0.347 e. The molecule has 2 amide bonds. The molecule has 2 rings (SSSR count). The van der Waals surface area contributed by atoms with E-state index < -0.39 is 0 Å². The maximum Gasteiger partial charge on any atom is 0.241 e. The highest BCUT2D eigenvalue weighted by Crippen LogP contribution is 2.26. The van der Waals surface area contributed by atoms with Crippen LogP contribution in [0.2, 0.25) is 10.0 Å². The van der Waals surface area contributed by atoms with E-state index in [1.807, 2.05) is 12.1 Å². The van der Waals surface area contributed by atoms with E-state index in [0.29, 0.717) is 23.1 Å². The molecular formula is C16H18Cl2N2O2. The summed E-state index contributed by atoms with van der Waals surface area (Å²) in [6.45, 7) is 2.78. The first kappa shape index (κ1) is 16.8. The van der Waals surface area contributed by atoms with Crippen molar-refractivity contribution in [3.05, 3.63) is 39.4 Å². The van der Waals surface area contributed by atoms with Gasteiger partial charge in [-0.25, -0.2) is 0 Å². The van der Waals surface area contributed by atoms with Gasteiger partial charge >= 0.3 is 0 Å². The highest BCUT2D eigenvalue weighted by Gasteiger charge is 2.19. The molecule has 0 saturated carbocycles. The molecule has 4 nitrogen and oxygen atoms in total. The van der Waals surface area contributed by atoms with Crippen LogP contribution in [-0.2, 0) is 9.59 Å². The number of benzene rings is 1. The number of amides is 2. The van der Waals surface area contributed by atoms with Gasteiger partial charge in [0.1, 0.15) is 0 Å². The van der Waals surface area contributed by atoms with Gasteiger partial charge in [-0.1, -0.05) is 34.9 Å². The number of piperidine rings is 1. The number of hydrogen-bond acceptors (Lipinski definition) is 2. The summed E-state index contributed by atoms with van der Waals surface area (Å²) in [5.41, 5.74) is 2.15. The van der Waals surface area contributed by atoms with Crippen molar-refractivity contribution in [3.8, 4) is 0 Å². The van der Waals surface area contributed by atoms with Crippen LogP contribution in [0.15, 0.2) is 23.8 Å². The van der Waals surface area contributed by atoms with Gasteiger partial charge in [0.25, 0.3) is 0 Å². The molecule has 1 heterocycles. The summed E-state index contributed by atoms with van der Waals surface area (Å²) < 4.78 is 0. The van der Waals surface area contributed by atoms with Gasteiger partial charge in [0.15, 0.2) is 0 Å². The summed E-state index contributed by atoms with van der Waals surface area (Å²) in [6, 6.07) is 5.38. The maximum atomic E-state index is 11.9. The van der Waals surface area contributed by atoms with Gasteiger partial charge in [-0.3, -0.25) is 9.59 Å². The Morgan fingerprint density at radius 2 is 1.95 bits per heavy atom. The molecule has 1 aliphatic heterocycles. The van der Waals surface area contributed by atoms with Crippen LogP contribution in [0.1, 0.15) is 25.3 Å². The highest BCUT2D eigenvalue weighted by molar-refractivity contribution is 6.34. The summed E-state index contributed by atoms with van der Waals surface area (Å²) in [5.74, 6) is -0.239. The first-order valence-electron chi connectivity index (χ1n) is 7.12. The summed E-state index contributed by atoms with van der Waals surface area (Å²) in [5, 5.41) is 3.85. The lowest BCUT2D eigenvalue weighted by Gasteiger charge is -2.28. The Labute approximate surface area is 140 Å². The van der Waals surface area contributed by atoms with Crippen molar-refractivity contribution < 1.29 is 9.59 Å². The number of nitrogens with zero attached hydrogens (tertiary/aromatic N) is 1. The molecule has 0 unspecified atom stereocenters. The molecule has 1 aliphatic rings. The fraction of sp³-hybridized carbons (Fsp3) is 0.375. The first-order chi connectivity index (χ1) is 10.5. The van der Waals surface area contributed by atoms with Crippen molar-refractivity contribution in [1.29, 1.82) is 0 Å². The number of hydrogen-bond donors (Lipinski definition) is 1. The zero-order valence-electron chi connectivity index (χ0n) is 12.4. The van der Waals surface area contributed by atoms with E-state index in [9.17, 15) is 9.59 Å². The Morgan fingerprint density at radius 1 is 1.27 bits per heavy atom. The molecule has 0 aromatic heterocycles. The fourth-order valence-electron chi connectivity index (χ4n) is 2.34. The molecule has 1 aromatic carbocycles. The van der Waals surface area contributed by atoms with Gasteiger partial charge in [0.2, 0.25) is 11.8 Å². The zero-order chi connectivity index (χ0) is 16.1. The van der Waals surface area contributed by atoms with Crippen molar-refractivity contribution in [2.24, 2.45) is 0 Å². The SMILES string of the molecule is CC(=O)NCC(=O)N1CCC(=Cc2cc(Cl)ccc2Cl)CC1. The third-order valence-electron chi connectivity index (χ3n) is 3.56. The van der Waals surface area contributed by atoms with Gasteiger partial charge < -0.3 is 10.2 Å². The Balaban J connectivity index is 1.94. The summed E-state index contributed by atoms with van der Waals surface area (Å²) >= 11 is 12.1. The lowest BCUT2D eigenvalue weighted by molar-refractivity contribution is -0.132. The number of carbonyl (C=O) groups excluding carboxylic acids is 2. The van der Waals surface area contributed by atoms with Crippen LogP contribution in [0.3, 0.4) is 0 Å². The third-order valence-corrected chi connectivity index (χ3v) is 4.14. The molecular weight excluding hydrogens is 323 g/mol. The average molecular weight is 341 g/mol. The monoisotopic (exact) mass is 340 g/mol. The molecule has 0 spiro atoms. The van der Waals surface area contributed by atoms with Crippen LogP contribution in [-0.4, -0.2) is 36.3 Å².